The maximum Gasteiger partial charge on any atom is 0.173 e. The van der Waals surface area contributed by atoms with E-state index >= 15 is 0 Å². The van der Waals surface area contributed by atoms with E-state index in [1.807, 2.05) is 6.07 Å². The highest BCUT2D eigenvalue weighted by atomic mass is 32.1. The second kappa shape index (κ2) is 9.20. The van der Waals surface area contributed by atoms with Crippen LogP contribution in [0.1, 0.15) is 28.1 Å². The van der Waals surface area contributed by atoms with Gasteiger partial charge in [-0.25, -0.2) is 4.68 Å². The van der Waals surface area contributed by atoms with Gasteiger partial charge in [0.15, 0.2) is 5.11 Å². The molecule has 0 unspecified atom stereocenters. The number of benzene rings is 2. The molecule has 3 aromatic rings. The predicted octanol–water partition coefficient (Wildman–Crippen LogP) is 4.62. The summed E-state index contributed by atoms with van der Waals surface area (Å²) >= 11 is 5.70. The summed E-state index contributed by atoms with van der Waals surface area (Å²) in [4.78, 5) is 4.78. The Morgan fingerprint density at radius 2 is 1.68 bits per heavy atom. The van der Waals surface area contributed by atoms with Crippen LogP contribution in [0, 0.1) is 27.7 Å². The van der Waals surface area contributed by atoms with Crippen molar-refractivity contribution in [2.75, 3.05) is 31.5 Å². The number of aromatic nitrogens is 2. The van der Waals surface area contributed by atoms with Crippen molar-refractivity contribution in [1.82, 2.24) is 19.6 Å². The Morgan fingerprint density at radius 1 is 0.968 bits per heavy atom. The molecule has 0 aliphatic carbocycles. The fourth-order valence-electron chi connectivity index (χ4n) is 4.21. The number of para-hydroxylation sites is 1. The van der Waals surface area contributed by atoms with Crippen LogP contribution in [0.5, 0.6) is 0 Å². The molecule has 0 atom stereocenters. The highest BCUT2D eigenvalue weighted by Gasteiger charge is 2.22. The summed E-state index contributed by atoms with van der Waals surface area (Å²) in [6.07, 6.45) is 0. The molecule has 1 saturated heterocycles. The molecule has 5 nitrogen and oxygen atoms in total. The smallest absolute Gasteiger partial charge is 0.173 e. The topological polar surface area (TPSA) is 36.3 Å². The van der Waals surface area contributed by atoms with Crippen molar-refractivity contribution in [2.24, 2.45) is 0 Å². The summed E-state index contributed by atoms with van der Waals surface area (Å²) in [7, 11) is 0. The van der Waals surface area contributed by atoms with Crippen molar-refractivity contribution in [2.45, 2.75) is 34.2 Å². The quantitative estimate of drug-likeness (QED) is 0.608. The van der Waals surface area contributed by atoms with E-state index in [-0.39, 0.29) is 0 Å². The van der Waals surface area contributed by atoms with Crippen LogP contribution >= 0.6 is 12.2 Å². The normalized spacial score (nSPS) is 14.6. The summed E-state index contributed by atoms with van der Waals surface area (Å²) in [6.45, 7) is 13.3. The average Bonchev–Trinajstić information content (AvgIpc) is 3.05. The van der Waals surface area contributed by atoms with Crippen molar-refractivity contribution in [3.8, 4) is 5.69 Å². The summed E-state index contributed by atoms with van der Waals surface area (Å²) in [5.74, 6) is 0. The van der Waals surface area contributed by atoms with Gasteiger partial charge in [-0.2, -0.15) is 5.10 Å². The van der Waals surface area contributed by atoms with Gasteiger partial charge in [-0.05, 0) is 63.7 Å². The molecule has 1 aliphatic heterocycles. The largest absolute Gasteiger partial charge is 0.346 e. The first-order chi connectivity index (χ1) is 14.9. The molecule has 0 radical (unpaired) electrons. The van der Waals surface area contributed by atoms with E-state index in [2.05, 4.69) is 90.0 Å². The van der Waals surface area contributed by atoms with Gasteiger partial charge in [-0.1, -0.05) is 35.9 Å². The lowest BCUT2D eigenvalue weighted by Crippen LogP contribution is -2.49. The van der Waals surface area contributed by atoms with Crippen LogP contribution in [-0.4, -0.2) is 50.9 Å². The monoisotopic (exact) mass is 433 g/mol. The molecule has 2 heterocycles. The molecule has 0 spiro atoms. The first-order valence-electron chi connectivity index (χ1n) is 10.9. The van der Waals surface area contributed by atoms with Crippen molar-refractivity contribution >= 4 is 23.0 Å². The van der Waals surface area contributed by atoms with E-state index < -0.39 is 0 Å². The van der Waals surface area contributed by atoms with E-state index in [0.29, 0.717) is 0 Å². The van der Waals surface area contributed by atoms with Gasteiger partial charge < -0.3 is 10.2 Å². The van der Waals surface area contributed by atoms with E-state index in [1.165, 1.54) is 22.4 Å². The number of anilines is 1. The van der Waals surface area contributed by atoms with Crippen LogP contribution in [0.25, 0.3) is 5.69 Å². The highest BCUT2D eigenvalue weighted by molar-refractivity contribution is 7.80. The van der Waals surface area contributed by atoms with Crippen LogP contribution in [-0.2, 0) is 6.54 Å². The van der Waals surface area contributed by atoms with Gasteiger partial charge in [0, 0.05) is 49.7 Å². The minimum absolute atomic E-state index is 0.816. The van der Waals surface area contributed by atoms with E-state index in [4.69, 9.17) is 17.3 Å². The van der Waals surface area contributed by atoms with Crippen molar-refractivity contribution in [3.63, 3.8) is 0 Å². The molecular formula is C25H31N5S. The lowest BCUT2D eigenvalue weighted by molar-refractivity contribution is 0.176. The van der Waals surface area contributed by atoms with Crippen LogP contribution in [0.15, 0.2) is 48.5 Å². The highest BCUT2D eigenvalue weighted by Crippen LogP contribution is 2.21. The number of aryl methyl sites for hydroxylation is 3. The van der Waals surface area contributed by atoms with Gasteiger partial charge in [0.1, 0.15) is 0 Å². The Bertz CT molecular complexity index is 1070. The van der Waals surface area contributed by atoms with Crippen LogP contribution < -0.4 is 5.32 Å². The zero-order valence-electron chi connectivity index (χ0n) is 18.9. The third-order valence-electron chi connectivity index (χ3n) is 6.11. The number of thiocarbonyl (C=S) groups is 1. The Balaban J connectivity index is 1.36. The van der Waals surface area contributed by atoms with Crippen molar-refractivity contribution in [3.05, 3.63) is 76.6 Å². The Hall–Kier alpha value is -2.70. The number of rotatable bonds is 4. The van der Waals surface area contributed by atoms with Crippen LogP contribution in [0.3, 0.4) is 0 Å². The molecule has 1 aliphatic rings. The molecule has 0 amide bonds. The zero-order valence-corrected chi connectivity index (χ0v) is 19.7. The predicted molar refractivity (Wildman–Crippen MR) is 132 cm³/mol. The molecule has 0 bridgehead atoms. The maximum atomic E-state index is 5.70. The van der Waals surface area contributed by atoms with Gasteiger partial charge in [-0.3, -0.25) is 4.90 Å². The Morgan fingerprint density at radius 3 is 2.35 bits per heavy atom. The molecule has 4 rings (SSSR count). The lowest BCUT2D eigenvalue weighted by Gasteiger charge is -2.36. The minimum atomic E-state index is 0.816. The molecule has 6 heteroatoms. The summed E-state index contributed by atoms with van der Waals surface area (Å²) in [5.41, 5.74) is 8.35. The third-order valence-corrected chi connectivity index (χ3v) is 6.47. The molecule has 2 aromatic carbocycles. The maximum absolute atomic E-state index is 5.70. The Labute approximate surface area is 190 Å². The number of nitrogens with zero attached hydrogens (tertiary/aromatic N) is 4. The van der Waals surface area contributed by atoms with E-state index in [0.717, 1.165) is 54.9 Å². The third kappa shape index (κ3) is 4.81. The van der Waals surface area contributed by atoms with Gasteiger partial charge in [0.25, 0.3) is 0 Å². The van der Waals surface area contributed by atoms with E-state index in [9.17, 15) is 0 Å². The van der Waals surface area contributed by atoms with Gasteiger partial charge in [0.05, 0.1) is 11.4 Å². The SMILES string of the molecule is Cc1ccc(NC(=S)N2CCN(Cc3c(C)nn(-c4ccccc4)c3C)CC2)c(C)c1. The Kier molecular flexibility index (Phi) is 6.39. The van der Waals surface area contributed by atoms with E-state index in [1.54, 1.807) is 0 Å². The molecule has 1 aromatic heterocycles. The molecule has 0 saturated carbocycles. The zero-order chi connectivity index (χ0) is 22.0. The molecule has 162 valence electrons. The first kappa shape index (κ1) is 21.5. The first-order valence-corrected chi connectivity index (χ1v) is 11.3. The molecule has 1 fully saturated rings. The second-order valence-electron chi connectivity index (χ2n) is 8.41. The summed E-state index contributed by atoms with van der Waals surface area (Å²) in [5, 5.41) is 9.05. The number of hydrogen-bond donors (Lipinski definition) is 1. The number of piperazine rings is 1. The summed E-state index contributed by atoms with van der Waals surface area (Å²) in [6, 6.07) is 16.8. The van der Waals surface area contributed by atoms with Crippen molar-refractivity contribution in [1.29, 1.82) is 0 Å². The van der Waals surface area contributed by atoms with Crippen LogP contribution in [0.2, 0.25) is 0 Å². The standard InChI is InChI=1S/C25H31N5S/c1-18-10-11-24(19(2)16-18)26-25(31)29-14-12-28(13-15-29)17-23-20(3)27-30(21(23)4)22-8-6-5-7-9-22/h5-11,16H,12-15,17H2,1-4H3,(H,26,31). The molecule has 1 N–H and O–H groups in total. The average molecular weight is 434 g/mol. The lowest BCUT2D eigenvalue weighted by atomic mass is 10.1. The second-order valence-corrected chi connectivity index (χ2v) is 8.80. The molecular weight excluding hydrogens is 402 g/mol. The minimum Gasteiger partial charge on any atom is -0.346 e. The molecule has 31 heavy (non-hydrogen) atoms. The van der Waals surface area contributed by atoms with Gasteiger partial charge in [-0.15, -0.1) is 0 Å². The van der Waals surface area contributed by atoms with Crippen LogP contribution in [0.4, 0.5) is 5.69 Å². The number of nitrogens with one attached hydrogen (secondary N) is 1. The number of hydrogen-bond acceptors (Lipinski definition) is 3. The summed E-state index contributed by atoms with van der Waals surface area (Å²) < 4.78 is 2.06. The van der Waals surface area contributed by atoms with Gasteiger partial charge >= 0.3 is 0 Å². The van der Waals surface area contributed by atoms with Gasteiger partial charge in [0.2, 0.25) is 0 Å². The fourth-order valence-corrected chi connectivity index (χ4v) is 4.50. The fraction of sp³-hybridized carbons (Fsp3) is 0.360. The van der Waals surface area contributed by atoms with Crippen molar-refractivity contribution < 1.29 is 0 Å².